The molecule has 0 heterocycles. The van der Waals surface area contributed by atoms with Gasteiger partial charge in [0.25, 0.3) is 10.1 Å². The first-order valence-electron chi connectivity index (χ1n) is 7.02. The predicted molar refractivity (Wildman–Crippen MR) is 85.4 cm³/mol. The summed E-state index contributed by atoms with van der Waals surface area (Å²) in [5, 5.41) is 9.77. The fraction of sp³-hybridized carbons (Fsp3) is 0.188. The molecule has 0 amide bonds. The van der Waals surface area contributed by atoms with Crippen molar-refractivity contribution in [3.8, 4) is 0 Å². The maximum absolute atomic E-state index is 13.9. The summed E-state index contributed by atoms with van der Waals surface area (Å²) in [6, 6.07) is 12.2. The van der Waals surface area contributed by atoms with E-state index in [1.54, 1.807) is 30.3 Å². The number of carbonyl (C=O) groups is 1. The van der Waals surface area contributed by atoms with E-state index in [4.69, 9.17) is 0 Å². The highest BCUT2D eigenvalue weighted by Gasteiger charge is 2.32. The fourth-order valence-corrected chi connectivity index (χ4v) is 3.12. The van der Waals surface area contributed by atoms with Crippen LogP contribution in [0.25, 0.3) is 0 Å². The van der Waals surface area contributed by atoms with E-state index in [-0.39, 0.29) is 12.0 Å². The van der Waals surface area contributed by atoms with Gasteiger partial charge in [-0.15, -0.1) is 0 Å². The summed E-state index contributed by atoms with van der Waals surface area (Å²) >= 11 is 0. The van der Waals surface area contributed by atoms with Crippen molar-refractivity contribution >= 4 is 16.1 Å². The highest BCUT2D eigenvalue weighted by molar-refractivity contribution is 7.86. The van der Waals surface area contributed by atoms with Crippen molar-refractivity contribution in [2.75, 3.05) is 0 Å². The molecule has 24 heavy (non-hydrogen) atoms. The molecule has 0 saturated carbocycles. The molecular weight excluding hydrogens is 337 g/mol. The van der Waals surface area contributed by atoms with Gasteiger partial charge in [-0.2, -0.15) is 8.42 Å². The van der Waals surface area contributed by atoms with E-state index in [9.17, 15) is 27.3 Å². The number of benzene rings is 2. The van der Waals surface area contributed by atoms with Crippen molar-refractivity contribution < 1.29 is 27.3 Å². The molecule has 2 atom stereocenters. The lowest BCUT2D eigenvalue weighted by Crippen LogP contribution is -2.43. The zero-order valence-corrected chi connectivity index (χ0v) is 13.3. The van der Waals surface area contributed by atoms with Gasteiger partial charge in [0.05, 0.1) is 0 Å². The predicted octanol–water partition coefficient (Wildman–Crippen LogP) is 2.00. The average molecular weight is 353 g/mol. The highest BCUT2D eigenvalue weighted by atomic mass is 32.2. The Morgan fingerprint density at radius 1 is 1.08 bits per heavy atom. The van der Waals surface area contributed by atoms with Crippen LogP contribution < -0.4 is 5.32 Å². The second-order valence-electron chi connectivity index (χ2n) is 5.16. The molecule has 0 radical (unpaired) electrons. The number of rotatable bonds is 7. The standard InChI is InChI=1S/C16H16FNO5S/c17-13-9-5-4-8-12(13)15(24(21,22)23)18-14(16(19)20)10-11-6-2-1-3-7-11/h1-9,14-15,18H,10H2,(H,19,20)(H,21,22,23)/t14-,15?/m0/s1. The summed E-state index contributed by atoms with van der Waals surface area (Å²) in [6.45, 7) is 0. The zero-order valence-electron chi connectivity index (χ0n) is 12.5. The van der Waals surface area contributed by atoms with E-state index < -0.39 is 33.3 Å². The molecule has 0 aliphatic rings. The molecule has 0 spiro atoms. The first kappa shape index (κ1) is 18.1. The minimum absolute atomic E-state index is 0.0311. The van der Waals surface area contributed by atoms with Gasteiger partial charge in [0.1, 0.15) is 11.9 Å². The number of halogens is 1. The highest BCUT2D eigenvalue weighted by Crippen LogP contribution is 2.23. The Morgan fingerprint density at radius 3 is 2.21 bits per heavy atom. The van der Waals surface area contributed by atoms with Crippen LogP contribution in [0.15, 0.2) is 54.6 Å². The van der Waals surface area contributed by atoms with Crippen LogP contribution in [0.2, 0.25) is 0 Å². The van der Waals surface area contributed by atoms with Crippen LogP contribution in [0.1, 0.15) is 16.5 Å². The molecular formula is C16H16FNO5S. The third-order valence-corrected chi connectivity index (χ3v) is 4.40. The molecule has 3 N–H and O–H groups in total. The summed E-state index contributed by atoms with van der Waals surface area (Å²) in [5.74, 6) is -2.18. The maximum Gasteiger partial charge on any atom is 0.321 e. The SMILES string of the molecule is O=C(O)[C@H](Cc1ccccc1)NC(c1ccccc1F)S(=O)(=O)O. The molecule has 128 valence electrons. The largest absolute Gasteiger partial charge is 0.480 e. The molecule has 1 unspecified atom stereocenters. The summed E-state index contributed by atoms with van der Waals surface area (Å²) in [4.78, 5) is 11.4. The van der Waals surface area contributed by atoms with Crippen LogP contribution in [0.4, 0.5) is 4.39 Å². The van der Waals surface area contributed by atoms with E-state index >= 15 is 0 Å². The van der Waals surface area contributed by atoms with Crippen LogP contribution in [0.5, 0.6) is 0 Å². The van der Waals surface area contributed by atoms with Crippen LogP contribution in [-0.2, 0) is 21.3 Å². The van der Waals surface area contributed by atoms with Gasteiger partial charge in [-0.3, -0.25) is 14.7 Å². The summed E-state index contributed by atoms with van der Waals surface area (Å²) in [5.41, 5.74) is 0.305. The molecule has 0 aliphatic heterocycles. The lowest BCUT2D eigenvalue weighted by atomic mass is 10.1. The molecule has 0 fully saturated rings. The van der Waals surface area contributed by atoms with Crippen molar-refractivity contribution in [2.24, 2.45) is 0 Å². The number of aliphatic carboxylic acids is 1. The van der Waals surface area contributed by atoms with E-state index in [2.05, 4.69) is 5.32 Å². The number of carboxylic acid groups (broad SMARTS) is 1. The Bertz CT molecular complexity index is 810. The summed E-state index contributed by atoms with van der Waals surface area (Å²) in [7, 11) is -4.78. The smallest absolute Gasteiger partial charge is 0.321 e. The molecule has 0 bridgehead atoms. The lowest BCUT2D eigenvalue weighted by molar-refractivity contribution is -0.139. The first-order chi connectivity index (χ1) is 11.3. The van der Waals surface area contributed by atoms with E-state index in [0.717, 1.165) is 6.07 Å². The van der Waals surface area contributed by atoms with E-state index in [1.807, 2.05) is 0 Å². The first-order valence-corrected chi connectivity index (χ1v) is 8.53. The zero-order chi connectivity index (χ0) is 17.7. The molecule has 2 aromatic carbocycles. The minimum atomic E-state index is -4.78. The molecule has 8 heteroatoms. The Kier molecular flexibility index (Phi) is 5.66. The van der Waals surface area contributed by atoms with Gasteiger partial charge < -0.3 is 5.11 Å². The molecule has 6 nitrogen and oxygen atoms in total. The van der Waals surface area contributed by atoms with Gasteiger partial charge in [0.2, 0.25) is 0 Å². The molecule has 0 saturated heterocycles. The summed E-state index contributed by atoms with van der Waals surface area (Å²) < 4.78 is 46.5. The normalized spacial score (nSPS) is 14.1. The Labute approximate surface area is 138 Å². The number of carboxylic acids is 1. The van der Waals surface area contributed by atoms with Gasteiger partial charge in [0, 0.05) is 5.56 Å². The summed E-state index contributed by atoms with van der Waals surface area (Å²) in [6.07, 6.45) is -0.0311. The Morgan fingerprint density at radius 2 is 1.67 bits per heavy atom. The molecule has 2 aromatic rings. The monoisotopic (exact) mass is 353 g/mol. The van der Waals surface area contributed by atoms with Crippen molar-refractivity contribution in [1.82, 2.24) is 5.32 Å². The third-order valence-electron chi connectivity index (χ3n) is 3.42. The van der Waals surface area contributed by atoms with Gasteiger partial charge in [-0.25, -0.2) is 4.39 Å². The number of nitrogens with one attached hydrogen (secondary N) is 1. The Hall–Kier alpha value is -2.29. The van der Waals surface area contributed by atoms with E-state index in [1.165, 1.54) is 18.2 Å². The average Bonchev–Trinajstić information content (AvgIpc) is 2.52. The quantitative estimate of drug-likeness (QED) is 0.658. The van der Waals surface area contributed by atoms with Crippen LogP contribution in [-0.4, -0.2) is 30.1 Å². The minimum Gasteiger partial charge on any atom is -0.480 e. The Balaban J connectivity index is 2.33. The number of hydrogen-bond donors (Lipinski definition) is 3. The van der Waals surface area contributed by atoms with Crippen LogP contribution in [0, 0.1) is 5.82 Å². The van der Waals surface area contributed by atoms with Crippen LogP contribution >= 0.6 is 0 Å². The molecule has 2 rings (SSSR count). The molecule has 0 aromatic heterocycles. The van der Waals surface area contributed by atoms with Crippen LogP contribution in [0.3, 0.4) is 0 Å². The van der Waals surface area contributed by atoms with Gasteiger partial charge in [0.15, 0.2) is 5.37 Å². The fourth-order valence-electron chi connectivity index (χ4n) is 2.27. The van der Waals surface area contributed by atoms with Gasteiger partial charge >= 0.3 is 5.97 Å². The van der Waals surface area contributed by atoms with Gasteiger partial charge in [-0.1, -0.05) is 48.5 Å². The third kappa shape index (κ3) is 4.60. The molecule has 0 aliphatic carbocycles. The van der Waals surface area contributed by atoms with Crippen molar-refractivity contribution in [1.29, 1.82) is 0 Å². The van der Waals surface area contributed by atoms with Crippen molar-refractivity contribution in [3.05, 3.63) is 71.5 Å². The number of hydrogen-bond acceptors (Lipinski definition) is 4. The maximum atomic E-state index is 13.9. The lowest BCUT2D eigenvalue weighted by Gasteiger charge is -2.22. The van der Waals surface area contributed by atoms with Crippen molar-refractivity contribution in [3.63, 3.8) is 0 Å². The van der Waals surface area contributed by atoms with Gasteiger partial charge in [-0.05, 0) is 18.1 Å². The second kappa shape index (κ2) is 7.52. The second-order valence-corrected chi connectivity index (χ2v) is 6.67. The van der Waals surface area contributed by atoms with Crippen molar-refractivity contribution in [2.45, 2.75) is 17.8 Å². The topological polar surface area (TPSA) is 104 Å². The van der Waals surface area contributed by atoms with E-state index in [0.29, 0.717) is 5.56 Å².